The molecule has 0 N–H and O–H groups in total. The molecule has 3 rings (SSSR count). The average molecular weight is 289 g/mol. The standard InChI is InChI=1S/C16H10ClFO2/c17-13-6-5-12(18)7-11(13)8-14(19)16-9-10-3-1-2-4-15(10)20-16/h1-7,9H,8H2. The zero-order chi connectivity index (χ0) is 14.1. The molecule has 0 amide bonds. The third-order valence-electron chi connectivity index (χ3n) is 3.06. The average Bonchev–Trinajstić information content (AvgIpc) is 2.87. The van der Waals surface area contributed by atoms with Gasteiger partial charge < -0.3 is 4.42 Å². The molecule has 0 aliphatic carbocycles. The minimum Gasteiger partial charge on any atom is -0.453 e. The summed E-state index contributed by atoms with van der Waals surface area (Å²) in [6.07, 6.45) is 0.0103. The molecule has 0 bridgehead atoms. The van der Waals surface area contributed by atoms with Crippen molar-refractivity contribution in [1.29, 1.82) is 0 Å². The van der Waals surface area contributed by atoms with E-state index in [0.29, 0.717) is 16.2 Å². The number of rotatable bonds is 3. The Labute approximate surface area is 119 Å². The van der Waals surface area contributed by atoms with E-state index in [4.69, 9.17) is 16.0 Å². The fourth-order valence-electron chi connectivity index (χ4n) is 2.06. The lowest BCUT2D eigenvalue weighted by Gasteiger charge is -2.02. The Hall–Kier alpha value is -2.13. The van der Waals surface area contributed by atoms with Crippen molar-refractivity contribution >= 4 is 28.4 Å². The first kappa shape index (κ1) is 12.9. The lowest BCUT2D eigenvalue weighted by atomic mass is 10.1. The molecule has 3 aromatic rings. The molecule has 1 aromatic heterocycles. The Balaban J connectivity index is 1.90. The Morgan fingerprint density at radius 2 is 1.95 bits per heavy atom. The molecule has 2 nitrogen and oxygen atoms in total. The number of hydrogen-bond donors (Lipinski definition) is 0. The minimum absolute atomic E-state index is 0.0103. The molecule has 20 heavy (non-hydrogen) atoms. The van der Waals surface area contributed by atoms with Crippen molar-refractivity contribution in [2.75, 3.05) is 0 Å². The maximum atomic E-state index is 13.2. The second kappa shape index (κ2) is 5.10. The first-order chi connectivity index (χ1) is 9.63. The highest BCUT2D eigenvalue weighted by Crippen LogP contribution is 2.23. The summed E-state index contributed by atoms with van der Waals surface area (Å²) in [4.78, 5) is 12.2. The number of para-hydroxylation sites is 1. The topological polar surface area (TPSA) is 30.2 Å². The summed E-state index contributed by atoms with van der Waals surface area (Å²) in [5.74, 6) is -0.387. The van der Waals surface area contributed by atoms with Crippen LogP contribution in [0.2, 0.25) is 5.02 Å². The predicted molar refractivity (Wildman–Crippen MR) is 75.7 cm³/mol. The summed E-state index contributed by atoms with van der Waals surface area (Å²) in [6, 6.07) is 13.0. The van der Waals surface area contributed by atoms with Gasteiger partial charge >= 0.3 is 0 Å². The molecular formula is C16H10ClFO2. The van der Waals surface area contributed by atoms with Gasteiger partial charge in [-0.25, -0.2) is 4.39 Å². The van der Waals surface area contributed by atoms with Gasteiger partial charge in [0.05, 0.1) is 0 Å². The van der Waals surface area contributed by atoms with Crippen LogP contribution in [0.4, 0.5) is 4.39 Å². The van der Waals surface area contributed by atoms with Gasteiger partial charge in [-0.2, -0.15) is 0 Å². The van der Waals surface area contributed by atoms with E-state index in [-0.39, 0.29) is 18.0 Å². The van der Waals surface area contributed by atoms with Crippen LogP contribution in [0.15, 0.2) is 52.9 Å². The third-order valence-corrected chi connectivity index (χ3v) is 3.43. The molecule has 2 aromatic carbocycles. The Kier molecular flexibility index (Phi) is 3.28. The molecule has 0 saturated heterocycles. The van der Waals surface area contributed by atoms with Gasteiger partial charge in [0.15, 0.2) is 5.76 Å². The highest BCUT2D eigenvalue weighted by molar-refractivity contribution is 6.31. The molecule has 0 aliphatic rings. The number of carbonyl (C=O) groups is 1. The quantitative estimate of drug-likeness (QED) is 0.657. The van der Waals surface area contributed by atoms with E-state index in [9.17, 15) is 9.18 Å². The molecule has 0 radical (unpaired) electrons. The highest BCUT2D eigenvalue weighted by atomic mass is 35.5. The van der Waals surface area contributed by atoms with E-state index in [1.54, 1.807) is 12.1 Å². The largest absolute Gasteiger partial charge is 0.453 e. The summed E-state index contributed by atoms with van der Waals surface area (Å²) in [5.41, 5.74) is 1.11. The fraction of sp³-hybridized carbons (Fsp3) is 0.0625. The van der Waals surface area contributed by atoms with Crippen molar-refractivity contribution in [3.63, 3.8) is 0 Å². The number of benzene rings is 2. The summed E-state index contributed by atoms with van der Waals surface area (Å²) in [6.45, 7) is 0. The van der Waals surface area contributed by atoms with Gasteiger partial charge in [0, 0.05) is 16.8 Å². The number of carbonyl (C=O) groups excluding carboxylic acids is 1. The summed E-state index contributed by atoms with van der Waals surface area (Å²) in [7, 11) is 0. The normalized spacial score (nSPS) is 10.9. The van der Waals surface area contributed by atoms with Crippen LogP contribution in [0.5, 0.6) is 0 Å². The van der Waals surface area contributed by atoms with E-state index in [0.717, 1.165) is 5.39 Å². The number of Topliss-reactive ketones (excluding diaryl/α,β-unsaturated/α-hetero) is 1. The smallest absolute Gasteiger partial charge is 0.202 e. The van der Waals surface area contributed by atoms with Crippen molar-refractivity contribution in [3.05, 3.63) is 70.7 Å². The second-order valence-corrected chi connectivity index (χ2v) is 4.89. The summed E-state index contributed by atoms with van der Waals surface area (Å²) < 4.78 is 18.7. The first-order valence-electron chi connectivity index (χ1n) is 6.09. The van der Waals surface area contributed by atoms with Crippen molar-refractivity contribution in [3.8, 4) is 0 Å². The van der Waals surface area contributed by atoms with Crippen LogP contribution >= 0.6 is 11.6 Å². The first-order valence-corrected chi connectivity index (χ1v) is 6.47. The minimum atomic E-state index is -0.415. The summed E-state index contributed by atoms with van der Waals surface area (Å²) in [5, 5.41) is 1.23. The van der Waals surface area contributed by atoms with Crippen LogP contribution in [0.3, 0.4) is 0 Å². The number of ketones is 1. The van der Waals surface area contributed by atoms with Crippen LogP contribution in [0.1, 0.15) is 16.1 Å². The van der Waals surface area contributed by atoms with Gasteiger partial charge in [-0.3, -0.25) is 4.79 Å². The van der Waals surface area contributed by atoms with E-state index in [1.807, 2.05) is 18.2 Å². The molecule has 0 atom stereocenters. The molecule has 0 unspecified atom stereocenters. The maximum absolute atomic E-state index is 13.2. The van der Waals surface area contributed by atoms with Gasteiger partial charge in [-0.05, 0) is 35.9 Å². The Morgan fingerprint density at radius 1 is 1.15 bits per heavy atom. The van der Waals surface area contributed by atoms with Crippen LogP contribution < -0.4 is 0 Å². The monoisotopic (exact) mass is 288 g/mol. The van der Waals surface area contributed by atoms with E-state index in [1.165, 1.54) is 18.2 Å². The van der Waals surface area contributed by atoms with Crippen LogP contribution in [-0.4, -0.2) is 5.78 Å². The van der Waals surface area contributed by atoms with E-state index < -0.39 is 5.82 Å². The van der Waals surface area contributed by atoms with Gasteiger partial charge in [0.2, 0.25) is 5.78 Å². The van der Waals surface area contributed by atoms with Gasteiger partial charge in [-0.15, -0.1) is 0 Å². The van der Waals surface area contributed by atoms with Crippen molar-refractivity contribution in [2.24, 2.45) is 0 Å². The zero-order valence-corrected chi connectivity index (χ0v) is 11.2. The molecule has 4 heteroatoms. The third kappa shape index (κ3) is 2.45. The molecule has 0 spiro atoms. The van der Waals surface area contributed by atoms with E-state index in [2.05, 4.69) is 0 Å². The Morgan fingerprint density at radius 3 is 2.75 bits per heavy atom. The molecule has 100 valence electrons. The predicted octanol–water partition coefficient (Wildman–Crippen LogP) is 4.65. The Bertz CT molecular complexity index is 759. The maximum Gasteiger partial charge on any atom is 0.202 e. The zero-order valence-electron chi connectivity index (χ0n) is 10.4. The second-order valence-electron chi connectivity index (χ2n) is 4.48. The molecule has 1 heterocycles. The van der Waals surface area contributed by atoms with Gasteiger partial charge in [0.1, 0.15) is 11.4 Å². The van der Waals surface area contributed by atoms with Gasteiger partial charge in [0.25, 0.3) is 0 Å². The summed E-state index contributed by atoms with van der Waals surface area (Å²) >= 11 is 5.96. The molecule has 0 fully saturated rings. The molecule has 0 aliphatic heterocycles. The lowest BCUT2D eigenvalue weighted by Crippen LogP contribution is -2.03. The SMILES string of the molecule is O=C(Cc1cc(F)ccc1Cl)c1cc2ccccc2o1. The van der Waals surface area contributed by atoms with Crippen LogP contribution in [0, 0.1) is 5.82 Å². The van der Waals surface area contributed by atoms with Crippen LogP contribution in [0.25, 0.3) is 11.0 Å². The lowest BCUT2D eigenvalue weighted by molar-refractivity contribution is 0.0968. The number of fused-ring (bicyclic) bond motifs is 1. The van der Waals surface area contributed by atoms with E-state index >= 15 is 0 Å². The highest BCUT2D eigenvalue weighted by Gasteiger charge is 2.14. The molecule has 0 saturated carbocycles. The van der Waals surface area contributed by atoms with Crippen LogP contribution in [-0.2, 0) is 6.42 Å². The fourth-order valence-corrected chi connectivity index (χ4v) is 2.24. The number of hydrogen-bond acceptors (Lipinski definition) is 2. The van der Waals surface area contributed by atoms with Gasteiger partial charge in [-0.1, -0.05) is 29.8 Å². The van der Waals surface area contributed by atoms with Crippen molar-refractivity contribution in [1.82, 2.24) is 0 Å². The number of halogens is 2. The molecular weight excluding hydrogens is 279 g/mol. The van der Waals surface area contributed by atoms with Crippen molar-refractivity contribution in [2.45, 2.75) is 6.42 Å². The van der Waals surface area contributed by atoms with Crippen molar-refractivity contribution < 1.29 is 13.6 Å². The number of furan rings is 1.